The molecular weight excluding hydrogens is 513 g/mol. The van der Waals surface area contributed by atoms with Crippen LogP contribution in [0, 0.1) is 0 Å². The predicted molar refractivity (Wildman–Crippen MR) is 140 cm³/mol. The number of amides is 2. The van der Waals surface area contributed by atoms with E-state index < -0.39 is 30.0 Å². The fourth-order valence-electron chi connectivity index (χ4n) is 5.42. The third-order valence-electron chi connectivity index (χ3n) is 7.11. The highest BCUT2D eigenvalue weighted by molar-refractivity contribution is 6.35. The Hall–Kier alpha value is -2.97. The number of hydrogen-bond donors (Lipinski definition) is 2. The number of fused-ring (bicyclic) bond motifs is 1. The van der Waals surface area contributed by atoms with E-state index in [0.29, 0.717) is 45.3 Å². The Morgan fingerprint density at radius 2 is 1.84 bits per heavy atom. The molecule has 1 aliphatic heterocycles. The van der Waals surface area contributed by atoms with Gasteiger partial charge in [0, 0.05) is 21.8 Å². The number of hydroxylamine groups is 1. The predicted octanol–water partition coefficient (Wildman–Crippen LogP) is 5.22. The standard InChI is InChI=1S/C28H27Cl2N3O4/c29-17-12-13-21(22(30)15-17)26-25(27(35)32-37-16-18-7-5-6-14-31-18)19-8-1-2-9-20(19)28(36)33(26)23-10-3-4-11-24(23)34/h1-2,5-9,12-15,23-26,34H,3-4,10-11,16H2,(H,32,35)/t23-,24-,25+,26-/m0/s1. The first-order valence-corrected chi connectivity index (χ1v) is 13.1. The van der Waals surface area contributed by atoms with Gasteiger partial charge in [-0.1, -0.05) is 66.4 Å². The minimum absolute atomic E-state index is 0.0807. The minimum atomic E-state index is -0.842. The maximum Gasteiger partial charge on any atom is 0.255 e. The van der Waals surface area contributed by atoms with Gasteiger partial charge < -0.3 is 10.0 Å². The molecule has 3 aromatic rings. The summed E-state index contributed by atoms with van der Waals surface area (Å²) in [6.45, 7) is 0.0807. The molecule has 0 radical (unpaired) electrons. The molecule has 0 saturated heterocycles. The van der Waals surface area contributed by atoms with Crippen LogP contribution in [-0.2, 0) is 16.2 Å². The van der Waals surface area contributed by atoms with Crippen molar-refractivity contribution < 1.29 is 19.5 Å². The van der Waals surface area contributed by atoms with E-state index in [9.17, 15) is 14.7 Å². The van der Waals surface area contributed by atoms with Crippen LogP contribution in [0.5, 0.6) is 0 Å². The van der Waals surface area contributed by atoms with Crippen molar-refractivity contribution in [1.29, 1.82) is 0 Å². The van der Waals surface area contributed by atoms with Crippen molar-refractivity contribution >= 4 is 35.0 Å². The zero-order valence-corrected chi connectivity index (χ0v) is 21.5. The lowest BCUT2D eigenvalue weighted by molar-refractivity contribution is -0.138. The molecule has 1 saturated carbocycles. The van der Waals surface area contributed by atoms with E-state index in [1.165, 1.54) is 0 Å². The van der Waals surface area contributed by atoms with E-state index in [1.54, 1.807) is 65.7 Å². The first-order chi connectivity index (χ1) is 18.0. The topological polar surface area (TPSA) is 91.8 Å². The quantitative estimate of drug-likeness (QED) is 0.419. The largest absolute Gasteiger partial charge is 0.391 e. The molecule has 1 fully saturated rings. The Labute approximate surface area is 225 Å². The molecule has 37 heavy (non-hydrogen) atoms. The second kappa shape index (κ2) is 11.2. The summed E-state index contributed by atoms with van der Waals surface area (Å²) in [7, 11) is 0. The Morgan fingerprint density at radius 3 is 2.59 bits per heavy atom. The highest BCUT2D eigenvalue weighted by Gasteiger charge is 2.49. The Morgan fingerprint density at radius 1 is 1.05 bits per heavy atom. The summed E-state index contributed by atoms with van der Waals surface area (Å²) >= 11 is 12.9. The van der Waals surface area contributed by atoms with Gasteiger partial charge in [-0.2, -0.15) is 0 Å². The van der Waals surface area contributed by atoms with Gasteiger partial charge in [0.2, 0.25) is 0 Å². The first kappa shape index (κ1) is 25.7. The maximum absolute atomic E-state index is 14.0. The SMILES string of the molecule is O=C(NOCc1ccccn1)[C@@H]1c2ccccc2C(=O)N([C@H]2CCCC[C@@H]2O)[C@H]1c1ccc(Cl)cc1Cl. The molecule has 2 aliphatic rings. The van der Waals surface area contributed by atoms with Crippen LogP contribution in [-0.4, -0.2) is 39.0 Å². The number of carbonyl (C=O) groups is 2. The molecule has 192 valence electrons. The normalized spacial score (nSPS) is 23.4. The van der Waals surface area contributed by atoms with E-state index in [2.05, 4.69) is 10.5 Å². The lowest BCUT2D eigenvalue weighted by Crippen LogP contribution is -2.55. The van der Waals surface area contributed by atoms with Gasteiger partial charge in [0.15, 0.2) is 0 Å². The fraction of sp³-hybridized carbons (Fsp3) is 0.321. The summed E-state index contributed by atoms with van der Waals surface area (Å²) in [5, 5.41) is 11.8. The van der Waals surface area contributed by atoms with E-state index in [0.717, 1.165) is 12.8 Å². The zero-order valence-electron chi connectivity index (χ0n) is 20.0. The summed E-state index contributed by atoms with van der Waals surface area (Å²) < 4.78 is 0. The molecule has 1 aliphatic carbocycles. The second-order valence-corrected chi connectivity index (χ2v) is 10.2. The number of halogens is 2. The third kappa shape index (κ3) is 5.22. The molecule has 2 N–H and O–H groups in total. The molecule has 7 nitrogen and oxygen atoms in total. The van der Waals surface area contributed by atoms with E-state index in [4.69, 9.17) is 28.0 Å². The van der Waals surface area contributed by atoms with E-state index in [-0.39, 0.29) is 12.5 Å². The summed E-state index contributed by atoms with van der Waals surface area (Å²) in [6.07, 6.45) is 3.91. The van der Waals surface area contributed by atoms with Gasteiger partial charge in [0.05, 0.1) is 29.8 Å². The molecule has 0 unspecified atom stereocenters. The fourth-order valence-corrected chi connectivity index (χ4v) is 5.94. The number of rotatable bonds is 6. The van der Waals surface area contributed by atoms with Gasteiger partial charge in [0.1, 0.15) is 6.61 Å². The number of benzene rings is 2. The Bertz CT molecular complexity index is 1290. The number of aliphatic hydroxyl groups is 1. The summed E-state index contributed by atoms with van der Waals surface area (Å²) in [4.78, 5) is 39.2. The maximum atomic E-state index is 14.0. The number of nitrogens with zero attached hydrogens (tertiary/aromatic N) is 2. The molecule has 4 atom stereocenters. The number of pyridine rings is 1. The molecule has 5 rings (SSSR count). The van der Waals surface area contributed by atoms with Crippen LogP contribution < -0.4 is 5.48 Å². The highest BCUT2D eigenvalue weighted by Crippen LogP contribution is 2.47. The zero-order chi connectivity index (χ0) is 25.9. The van der Waals surface area contributed by atoms with Gasteiger partial charge in [-0.05, 0) is 54.3 Å². The van der Waals surface area contributed by atoms with Crippen LogP contribution in [0.25, 0.3) is 0 Å². The monoisotopic (exact) mass is 539 g/mol. The number of hydrogen-bond acceptors (Lipinski definition) is 5. The molecule has 2 amide bonds. The second-order valence-electron chi connectivity index (χ2n) is 9.38. The van der Waals surface area contributed by atoms with Crippen LogP contribution in [0.3, 0.4) is 0 Å². The van der Waals surface area contributed by atoms with Crippen molar-refractivity contribution in [3.63, 3.8) is 0 Å². The van der Waals surface area contributed by atoms with Crippen molar-refractivity contribution in [3.05, 3.63) is 99.3 Å². The van der Waals surface area contributed by atoms with Gasteiger partial charge in [0.25, 0.3) is 11.8 Å². The van der Waals surface area contributed by atoms with Crippen LogP contribution in [0.15, 0.2) is 66.9 Å². The van der Waals surface area contributed by atoms with Crippen molar-refractivity contribution in [1.82, 2.24) is 15.4 Å². The summed E-state index contributed by atoms with van der Waals surface area (Å²) in [5.41, 5.74) is 4.81. The molecular formula is C28H27Cl2N3O4. The third-order valence-corrected chi connectivity index (χ3v) is 7.67. The molecule has 2 heterocycles. The van der Waals surface area contributed by atoms with Crippen molar-refractivity contribution in [2.24, 2.45) is 0 Å². The summed E-state index contributed by atoms with van der Waals surface area (Å²) in [6, 6.07) is 16.3. The highest BCUT2D eigenvalue weighted by atomic mass is 35.5. The smallest absolute Gasteiger partial charge is 0.255 e. The van der Waals surface area contributed by atoms with E-state index in [1.807, 2.05) is 6.07 Å². The number of carbonyl (C=O) groups excluding carboxylic acids is 2. The van der Waals surface area contributed by atoms with Crippen LogP contribution in [0.1, 0.15) is 64.8 Å². The van der Waals surface area contributed by atoms with Crippen LogP contribution in [0.4, 0.5) is 0 Å². The van der Waals surface area contributed by atoms with Crippen molar-refractivity contribution in [2.45, 2.75) is 56.4 Å². The molecule has 0 bridgehead atoms. The lowest BCUT2D eigenvalue weighted by atomic mass is 9.77. The summed E-state index contributed by atoms with van der Waals surface area (Å²) in [5.74, 6) is -1.51. The van der Waals surface area contributed by atoms with Gasteiger partial charge in [-0.15, -0.1) is 0 Å². The van der Waals surface area contributed by atoms with Gasteiger partial charge in [-0.25, -0.2) is 5.48 Å². The lowest BCUT2D eigenvalue weighted by Gasteiger charge is -2.48. The van der Waals surface area contributed by atoms with E-state index >= 15 is 0 Å². The average Bonchev–Trinajstić information content (AvgIpc) is 2.90. The minimum Gasteiger partial charge on any atom is -0.391 e. The van der Waals surface area contributed by atoms with Crippen molar-refractivity contribution in [2.75, 3.05) is 0 Å². The number of aromatic nitrogens is 1. The molecule has 0 spiro atoms. The molecule has 2 aromatic carbocycles. The Balaban J connectivity index is 1.57. The average molecular weight is 540 g/mol. The Kier molecular flexibility index (Phi) is 7.76. The van der Waals surface area contributed by atoms with Crippen molar-refractivity contribution in [3.8, 4) is 0 Å². The van der Waals surface area contributed by atoms with Crippen LogP contribution >= 0.6 is 23.2 Å². The van der Waals surface area contributed by atoms with Crippen LogP contribution in [0.2, 0.25) is 10.0 Å². The number of aliphatic hydroxyl groups excluding tert-OH is 1. The first-order valence-electron chi connectivity index (χ1n) is 12.3. The van der Waals surface area contributed by atoms with Gasteiger partial charge >= 0.3 is 0 Å². The number of nitrogens with one attached hydrogen (secondary N) is 1. The van der Waals surface area contributed by atoms with Gasteiger partial charge in [-0.3, -0.25) is 19.4 Å². The molecule has 1 aromatic heterocycles. The molecule has 9 heteroatoms.